The van der Waals surface area contributed by atoms with E-state index in [1.807, 2.05) is 0 Å². The van der Waals surface area contributed by atoms with Crippen molar-refractivity contribution in [1.82, 2.24) is 10.3 Å². The van der Waals surface area contributed by atoms with E-state index in [1.54, 1.807) is 6.92 Å². The van der Waals surface area contributed by atoms with Crippen molar-refractivity contribution in [2.75, 3.05) is 6.54 Å². The van der Waals surface area contributed by atoms with Crippen LogP contribution in [0.3, 0.4) is 0 Å². The van der Waals surface area contributed by atoms with Crippen molar-refractivity contribution in [2.24, 2.45) is 0 Å². The van der Waals surface area contributed by atoms with Gasteiger partial charge in [0.2, 0.25) is 5.76 Å². The summed E-state index contributed by atoms with van der Waals surface area (Å²) < 4.78 is 4.95. The van der Waals surface area contributed by atoms with Crippen molar-refractivity contribution in [3.8, 4) is 0 Å². The molecule has 0 saturated carbocycles. The molecule has 5 heteroatoms. The third-order valence-corrected chi connectivity index (χ3v) is 2.41. The number of aromatic nitrogens is 1. The fourth-order valence-electron chi connectivity index (χ4n) is 1.22. The summed E-state index contributed by atoms with van der Waals surface area (Å²) in [5.74, 6) is 0.00196. The summed E-state index contributed by atoms with van der Waals surface area (Å²) in [5, 5.41) is 2.68. The van der Waals surface area contributed by atoms with E-state index in [1.165, 1.54) is 6.39 Å². The highest BCUT2D eigenvalue weighted by atomic mass is 35.5. The highest BCUT2D eigenvalue weighted by Gasteiger charge is 2.14. The molecule has 15 heavy (non-hydrogen) atoms. The number of aryl methyl sites for hydroxylation is 1. The number of rotatable bonds is 5. The average molecular weight is 231 g/mol. The Balaban J connectivity index is 2.40. The van der Waals surface area contributed by atoms with Gasteiger partial charge in [-0.15, -0.1) is 11.6 Å². The molecule has 1 atom stereocenters. The van der Waals surface area contributed by atoms with Crippen LogP contribution in [0.5, 0.6) is 0 Å². The van der Waals surface area contributed by atoms with Crippen LogP contribution >= 0.6 is 11.6 Å². The standard InChI is InChI=1S/C10H15ClN2O2/c1-3-4-8(11)5-12-10(14)9-7(2)13-6-15-9/h6,8H,3-5H2,1-2H3,(H,12,14). The van der Waals surface area contributed by atoms with E-state index in [0.29, 0.717) is 12.2 Å². The Morgan fingerprint density at radius 1 is 1.73 bits per heavy atom. The van der Waals surface area contributed by atoms with Gasteiger partial charge in [0, 0.05) is 6.54 Å². The number of amides is 1. The van der Waals surface area contributed by atoms with Crippen molar-refractivity contribution < 1.29 is 9.21 Å². The third-order valence-electron chi connectivity index (χ3n) is 2.04. The summed E-state index contributed by atoms with van der Waals surface area (Å²) in [5.41, 5.74) is 0.592. The van der Waals surface area contributed by atoms with E-state index in [9.17, 15) is 4.79 Å². The summed E-state index contributed by atoms with van der Waals surface area (Å²) in [4.78, 5) is 15.4. The van der Waals surface area contributed by atoms with Gasteiger partial charge in [-0.25, -0.2) is 4.98 Å². The van der Waals surface area contributed by atoms with Crippen LogP contribution in [0.1, 0.15) is 36.0 Å². The summed E-state index contributed by atoms with van der Waals surface area (Å²) in [6.45, 7) is 4.23. The van der Waals surface area contributed by atoms with Crippen molar-refractivity contribution in [1.29, 1.82) is 0 Å². The van der Waals surface area contributed by atoms with Gasteiger partial charge in [-0.1, -0.05) is 13.3 Å². The van der Waals surface area contributed by atoms with Crippen molar-refractivity contribution in [2.45, 2.75) is 32.1 Å². The minimum absolute atomic E-state index is 0.0258. The van der Waals surface area contributed by atoms with Crippen LogP contribution in [0.15, 0.2) is 10.8 Å². The minimum atomic E-state index is -0.258. The molecule has 1 rings (SSSR count). The molecule has 0 fully saturated rings. The largest absolute Gasteiger partial charge is 0.438 e. The molecule has 0 bridgehead atoms. The summed E-state index contributed by atoms with van der Waals surface area (Å²) in [7, 11) is 0. The Kier molecular flexibility index (Phi) is 4.62. The molecule has 1 heterocycles. The summed E-state index contributed by atoms with van der Waals surface area (Å²) in [6.07, 6.45) is 3.15. The van der Waals surface area contributed by atoms with Crippen LogP contribution in [-0.2, 0) is 0 Å². The Hall–Kier alpha value is -1.03. The van der Waals surface area contributed by atoms with Crippen LogP contribution < -0.4 is 5.32 Å². The lowest BCUT2D eigenvalue weighted by Gasteiger charge is -2.08. The van der Waals surface area contributed by atoms with Crippen LogP contribution in [0.2, 0.25) is 0 Å². The maximum atomic E-state index is 11.5. The number of alkyl halides is 1. The fraction of sp³-hybridized carbons (Fsp3) is 0.600. The Labute approximate surface area is 94.0 Å². The number of hydrogen-bond acceptors (Lipinski definition) is 3. The van der Waals surface area contributed by atoms with Crippen LogP contribution in [0.4, 0.5) is 0 Å². The molecule has 0 spiro atoms. The lowest BCUT2D eigenvalue weighted by molar-refractivity contribution is 0.0924. The molecule has 1 unspecified atom stereocenters. The zero-order chi connectivity index (χ0) is 11.3. The summed E-state index contributed by atoms with van der Waals surface area (Å²) in [6, 6.07) is 0. The highest BCUT2D eigenvalue weighted by molar-refractivity contribution is 6.20. The molecule has 1 N–H and O–H groups in total. The number of oxazole rings is 1. The first-order valence-electron chi connectivity index (χ1n) is 4.97. The summed E-state index contributed by atoms with van der Waals surface area (Å²) >= 11 is 5.97. The monoisotopic (exact) mass is 230 g/mol. The van der Waals surface area contributed by atoms with Gasteiger partial charge in [-0.05, 0) is 13.3 Å². The van der Waals surface area contributed by atoms with Gasteiger partial charge in [0.1, 0.15) is 0 Å². The van der Waals surface area contributed by atoms with E-state index in [2.05, 4.69) is 17.2 Å². The van der Waals surface area contributed by atoms with Gasteiger partial charge in [0.15, 0.2) is 6.39 Å². The Morgan fingerprint density at radius 3 is 3.00 bits per heavy atom. The zero-order valence-corrected chi connectivity index (χ0v) is 9.67. The maximum absolute atomic E-state index is 11.5. The zero-order valence-electron chi connectivity index (χ0n) is 8.92. The number of nitrogens with one attached hydrogen (secondary N) is 1. The Bertz CT molecular complexity index is 325. The van der Waals surface area contributed by atoms with Gasteiger partial charge in [0.25, 0.3) is 5.91 Å². The van der Waals surface area contributed by atoms with E-state index >= 15 is 0 Å². The second-order valence-corrected chi connectivity index (χ2v) is 3.98. The molecule has 0 saturated heterocycles. The molecule has 0 aliphatic carbocycles. The molecule has 0 aliphatic heterocycles. The number of halogens is 1. The molecule has 0 aliphatic rings. The normalized spacial score (nSPS) is 12.5. The van der Waals surface area contributed by atoms with Gasteiger partial charge in [0.05, 0.1) is 11.1 Å². The number of nitrogens with zero attached hydrogens (tertiary/aromatic N) is 1. The molecule has 4 nitrogen and oxygen atoms in total. The van der Waals surface area contributed by atoms with Gasteiger partial charge in [-0.3, -0.25) is 4.79 Å². The maximum Gasteiger partial charge on any atom is 0.289 e. The molecule has 1 amide bonds. The molecular weight excluding hydrogens is 216 g/mol. The lowest BCUT2D eigenvalue weighted by atomic mass is 10.2. The lowest BCUT2D eigenvalue weighted by Crippen LogP contribution is -2.29. The number of carbonyl (C=O) groups is 1. The van der Waals surface area contributed by atoms with Crippen molar-refractivity contribution >= 4 is 17.5 Å². The fourth-order valence-corrected chi connectivity index (χ4v) is 1.51. The molecule has 84 valence electrons. The molecule has 0 aromatic carbocycles. The molecular formula is C10H15ClN2O2. The van der Waals surface area contributed by atoms with Crippen LogP contribution in [0.25, 0.3) is 0 Å². The second-order valence-electron chi connectivity index (χ2n) is 3.36. The number of hydrogen-bond donors (Lipinski definition) is 1. The first-order valence-corrected chi connectivity index (χ1v) is 5.41. The molecule has 0 radical (unpaired) electrons. The smallest absolute Gasteiger partial charge is 0.289 e. The van der Waals surface area contributed by atoms with Crippen LogP contribution in [0, 0.1) is 6.92 Å². The van der Waals surface area contributed by atoms with Crippen molar-refractivity contribution in [3.63, 3.8) is 0 Å². The van der Waals surface area contributed by atoms with Crippen LogP contribution in [-0.4, -0.2) is 22.8 Å². The topological polar surface area (TPSA) is 55.1 Å². The average Bonchev–Trinajstić information content (AvgIpc) is 2.61. The Morgan fingerprint density at radius 2 is 2.47 bits per heavy atom. The second kappa shape index (κ2) is 5.75. The predicted molar refractivity (Wildman–Crippen MR) is 58.1 cm³/mol. The van der Waals surface area contributed by atoms with E-state index in [-0.39, 0.29) is 17.0 Å². The highest BCUT2D eigenvalue weighted by Crippen LogP contribution is 2.06. The van der Waals surface area contributed by atoms with Crippen molar-refractivity contribution in [3.05, 3.63) is 17.8 Å². The minimum Gasteiger partial charge on any atom is -0.438 e. The van der Waals surface area contributed by atoms with Gasteiger partial charge in [-0.2, -0.15) is 0 Å². The quantitative estimate of drug-likeness (QED) is 0.789. The molecule has 1 aromatic heterocycles. The van der Waals surface area contributed by atoms with E-state index in [0.717, 1.165) is 12.8 Å². The van der Waals surface area contributed by atoms with Gasteiger partial charge >= 0.3 is 0 Å². The third kappa shape index (κ3) is 3.55. The first kappa shape index (κ1) is 12.0. The van der Waals surface area contributed by atoms with E-state index < -0.39 is 0 Å². The first-order chi connectivity index (χ1) is 7.15. The number of carbonyl (C=O) groups excluding carboxylic acids is 1. The van der Waals surface area contributed by atoms with E-state index in [4.69, 9.17) is 16.0 Å². The molecule has 1 aromatic rings. The predicted octanol–water partition coefficient (Wildman–Crippen LogP) is 2.12. The van der Waals surface area contributed by atoms with Gasteiger partial charge < -0.3 is 9.73 Å². The SMILES string of the molecule is CCCC(Cl)CNC(=O)c1ocnc1C.